The molecule has 4 aromatic heterocycles. The summed E-state index contributed by atoms with van der Waals surface area (Å²) in [5.41, 5.74) is 3.44. The maximum absolute atomic E-state index is 14.5. The number of halogens is 3. The molecule has 15 heteroatoms. The molecule has 0 bridgehead atoms. The van der Waals surface area contributed by atoms with Gasteiger partial charge in [0.25, 0.3) is 5.56 Å². The number of aliphatic hydroxyl groups is 1. The number of aliphatic carboxylic acids is 1. The second-order valence-corrected chi connectivity index (χ2v) is 15.0. The van der Waals surface area contributed by atoms with E-state index < -0.39 is 40.3 Å². The van der Waals surface area contributed by atoms with Gasteiger partial charge in [0.1, 0.15) is 11.1 Å². The van der Waals surface area contributed by atoms with Gasteiger partial charge >= 0.3 is 12.1 Å². The summed E-state index contributed by atoms with van der Waals surface area (Å²) in [5.74, 6) is -0.813. The summed E-state index contributed by atoms with van der Waals surface area (Å²) in [6.07, 6.45) is 0.891. The van der Waals surface area contributed by atoms with Crippen LogP contribution in [0.4, 0.5) is 24.7 Å². The lowest BCUT2D eigenvalue weighted by Crippen LogP contribution is -2.39. The van der Waals surface area contributed by atoms with E-state index in [1.807, 2.05) is 55.3 Å². The van der Waals surface area contributed by atoms with Crippen LogP contribution in [0.5, 0.6) is 0 Å². The zero-order chi connectivity index (χ0) is 40.0. The van der Waals surface area contributed by atoms with E-state index >= 15 is 0 Å². The number of pyridine rings is 3. The molecule has 2 aliphatic rings. The first-order valence-electron chi connectivity index (χ1n) is 19.0. The number of anilines is 2. The van der Waals surface area contributed by atoms with E-state index in [1.54, 1.807) is 18.3 Å². The molecule has 0 aliphatic carbocycles. The van der Waals surface area contributed by atoms with Crippen molar-refractivity contribution in [2.24, 2.45) is 5.92 Å². The Kier molecular flexibility index (Phi) is 10.3. The minimum absolute atomic E-state index is 0.0220. The van der Waals surface area contributed by atoms with E-state index in [9.17, 15) is 33.0 Å². The highest BCUT2D eigenvalue weighted by Crippen LogP contribution is 2.39. The fourth-order valence-corrected chi connectivity index (χ4v) is 8.04. The Bertz CT molecular complexity index is 2540. The number of carbonyl (C=O) groups is 1. The average Bonchev–Trinajstić information content (AvgIpc) is 3.81. The van der Waals surface area contributed by atoms with Crippen LogP contribution >= 0.6 is 0 Å². The van der Waals surface area contributed by atoms with Crippen LogP contribution in [0.3, 0.4) is 0 Å². The summed E-state index contributed by atoms with van der Waals surface area (Å²) in [7, 11) is 0. The van der Waals surface area contributed by atoms with E-state index in [0.29, 0.717) is 61.5 Å². The molecular formula is C42H42F3N7O5. The van der Waals surface area contributed by atoms with Crippen LogP contribution in [-0.4, -0.2) is 84.3 Å². The Hall–Kier alpha value is -5.64. The van der Waals surface area contributed by atoms with Crippen molar-refractivity contribution in [2.75, 3.05) is 38.0 Å². The number of nitrogens with one attached hydrogen (secondary N) is 1. The fraction of sp³-hybridized carbons (Fsp3) is 0.357. The third-order valence-corrected chi connectivity index (χ3v) is 11.3. The molecule has 12 nitrogen and oxygen atoms in total. The zero-order valence-corrected chi connectivity index (χ0v) is 31.5. The van der Waals surface area contributed by atoms with E-state index in [0.717, 1.165) is 57.1 Å². The van der Waals surface area contributed by atoms with Crippen molar-refractivity contribution in [2.45, 2.75) is 58.5 Å². The maximum atomic E-state index is 14.5. The number of oxazole rings is 1. The molecule has 296 valence electrons. The smallest absolute Gasteiger partial charge is 0.421 e. The zero-order valence-electron chi connectivity index (χ0n) is 31.5. The largest absolute Gasteiger partial charge is 0.481 e. The minimum atomic E-state index is -4.82. The standard InChI is InChI=1S/C42H42F3N7O5/c1-24-30(31-6-4-8-34(25(31)2)48-38-35-28(9-13-46-38)19-26(20-47-35)21-51-16-12-29(53)22-51)5-3-7-32(24)39-49-36-37(57-39)33(42(43,44)45)23-52(40(36)54)18-17-50-14-10-27(11-15-50)41(55)56/h3-9,13,19-20,23,27,29,53H,10-12,14-18,21-22H2,1-2H3,(H,46,48)(H,55,56)/t29-/m1/s1. The van der Waals surface area contributed by atoms with Crippen molar-refractivity contribution in [3.8, 4) is 22.6 Å². The number of benzene rings is 2. The molecule has 57 heavy (non-hydrogen) atoms. The van der Waals surface area contributed by atoms with Gasteiger partial charge in [-0.15, -0.1) is 0 Å². The van der Waals surface area contributed by atoms with Crippen LogP contribution in [0.15, 0.2) is 76.3 Å². The van der Waals surface area contributed by atoms with Crippen molar-refractivity contribution in [1.82, 2.24) is 29.3 Å². The number of rotatable bonds is 10. The predicted molar refractivity (Wildman–Crippen MR) is 209 cm³/mol. The lowest BCUT2D eigenvalue weighted by atomic mass is 9.93. The number of β-amino-alcohol motifs (C(OH)–C–C–N with tert-alkyl or cyclic N) is 1. The van der Waals surface area contributed by atoms with Crippen LogP contribution < -0.4 is 10.9 Å². The van der Waals surface area contributed by atoms with Gasteiger partial charge in [-0.05, 0) is 98.3 Å². The highest BCUT2D eigenvalue weighted by molar-refractivity contribution is 5.91. The molecule has 0 spiro atoms. The summed E-state index contributed by atoms with van der Waals surface area (Å²) in [6, 6.07) is 15.2. The number of aliphatic hydroxyl groups excluding tert-OH is 1. The number of piperidine rings is 1. The molecule has 6 heterocycles. The Morgan fingerprint density at radius 2 is 1.65 bits per heavy atom. The number of aromatic nitrogens is 4. The molecule has 8 rings (SSSR count). The highest BCUT2D eigenvalue weighted by Gasteiger charge is 2.37. The number of likely N-dealkylation sites (tertiary alicyclic amines) is 2. The van der Waals surface area contributed by atoms with E-state index in [2.05, 4.69) is 26.3 Å². The molecule has 0 amide bonds. The molecule has 6 aromatic rings. The summed E-state index contributed by atoms with van der Waals surface area (Å²) in [4.78, 5) is 42.8. The Labute approximate surface area is 325 Å². The highest BCUT2D eigenvalue weighted by atomic mass is 19.4. The summed E-state index contributed by atoms with van der Waals surface area (Å²) in [5, 5.41) is 23.6. The van der Waals surface area contributed by atoms with Crippen molar-refractivity contribution in [3.05, 3.63) is 99.7 Å². The Morgan fingerprint density at radius 3 is 2.37 bits per heavy atom. The van der Waals surface area contributed by atoms with Crippen LogP contribution in [-0.2, 0) is 24.1 Å². The quantitative estimate of drug-likeness (QED) is 0.132. The Morgan fingerprint density at radius 1 is 0.930 bits per heavy atom. The van der Waals surface area contributed by atoms with E-state index in [-0.39, 0.29) is 25.1 Å². The second-order valence-electron chi connectivity index (χ2n) is 15.0. The van der Waals surface area contributed by atoms with Crippen LogP contribution in [0.25, 0.3) is 44.6 Å². The molecule has 0 saturated carbocycles. The third-order valence-electron chi connectivity index (χ3n) is 11.3. The second kappa shape index (κ2) is 15.4. The van der Waals surface area contributed by atoms with Gasteiger partial charge in [0.05, 0.1) is 12.0 Å². The fourth-order valence-electron chi connectivity index (χ4n) is 8.04. The molecule has 2 fully saturated rings. The summed E-state index contributed by atoms with van der Waals surface area (Å²) >= 11 is 0. The lowest BCUT2D eigenvalue weighted by Gasteiger charge is -2.30. The molecular weight excluding hydrogens is 740 g/mol. The minimum Gasteiger partial charge on any atom is -0.481 e. The molecule has 1 atom stereocenters. The summed E-state index contributed by atoms with van der Waals surface area (Å²) < 4.78 is 50.2. The average molecular weight is 782 g/mol. The maximum Gasteiger partial charge on any atom is 0.421 e. The van der Waals surface area contributed by atoms with Crippen molar-refractivity contribution in [3.63, 3.8) is 0 Å². The number of hydrogen-bond acceptors (Lipinski definition) is 10. The molecule has 0 unspecified atom stereocenters. The van der Waals surface area contributed by atoms with Gasteiger partial charge < -0.3 is 29.4 Å². The van der Waals surface area contributed by atoms with E-state index in [4.69, 9.17) is 9.40 Å². The number of alkyl halides is 3. The molecule has 2 saturated heterocycles. The van der Waals surface area contributed by atoms with Gasteiger partial charge in [-0.1, -0.05) is 24.3 Å². The predicted octanol–water partition coefficient (Wildman–Crippen LogP) is 7.01. The van der Waals surface area contributed by atoms with Gasteiger partial charge in [-0.2, -0.15) is 13.2 Å². The lowest BCUT2D eigenvalue weighted by molar-refractivity contribution is -0.143. The molecule has 0 radical (unpaired) electrons. The summed E-state index contributed by atoms with van der Waals surface area (Å²) in [6.45, 7) is 7.22. The third kappa shape index (κ3) is 7.74. The number of hydrogen-bond donors (Lipinski definition) is 3. The first kappa shape index (κ1) is 38.2. The van der Waals surface area contributed by atoms with Gasteiger partial charge in [0, 0.05) is 68.0 Å². The molecule has 3 N–H and O–H groups in total. The number of fused-ring (bicyclic) bond motifs is 2. The molecule has 2 aliphatic heterocycles. The number of carboxylic acid groups (broad SMARTS) is 1. The first-order valence-corrected chi connectivity index (χ1v) is 19.0. The van der Waals surface area contributed by atoms with Crippen molar-refractivity contribution < 1.29 is 32.6 Å². The Balaban J connectivity index is 1.07. The van der Waals surface area contributed by atoms with Gasteiger partial charge in [-0.3, -0.25) is 19.5 Å². The van der Waals surface area contributed by atoms with Gasteiger partial charge in [-0.25, -0.2) is 9.97 Å². The van der Waals surface area contributed by atoms with Crippen molar-refractivity contribution in [1.29, 1.82) is 0 Å². The van der Waals surface area contributed by atoms with Gasteiger partial charge in [0.2, 0.25) is 5.89 Å². The van der Waals surface area contributed by atoms with Crippen LogP contribution in [0.2, 0.25) is 0 Å². The van der Waals surface area contributed by atoms with Crippen molar-refractivity contribution >= 4 is 39.5 Å². The topological polar surface area (TPSA) is 150 Å². The number of nitrogens with zero attached hydrogens (tertiary/aromatic N) is 6. The van der Waals surface area contributed by atoms with Gasteiger partial charge in [0.15, 0.2) is 16.9 Å². The normalized spacial score (nSPS) is 17.2. The SMILES string of the molecule is Cc1c(Nc2nccc3cc(CN4CC[C@@H](O)C4)cnc23)cccc1-c1cccc(-c2nc3c(=O)n(CCN4CCC(C(=O)O)CC4)cc(C(F)(F)F)c3o2)c1C. The van der Waals surface area contributed by atoms with E-state index in [1.165, 1.54) is 0 Å². The van der Waals surface area contributed by atoms with Crippen LogP contribution in [0.1, 0.15) is 41.5 Å². The van der Waals surface area contributed by atoms with Crippen LogP contribution in [0, 0.1) is 19.8 Å². The first-order chi connectivity index (χ1) is 27.3. The monoisotopic (exact) mass is 781 g/mol. The molecule has 2 aromatic carbocycles. The number of carboxylic acids is 1.